The molecule has 0 bridgehead atoms. The topological polar surface area (TPSA) is 42.0 Å². The van der Waals surface area contributed by atoms with E-state index in [9.17, 15) is 4.79 Å². The number of pyridine rings is 1. The molecule has 0 saturated heterocycles. The van der Waals surface area contributed by atoms with Crippen LogP contribution in [0.25, 0.3) is 10.9 Å². The Morgan fingerprint density at radius 3 is 2.54 bits per heavy atom. The number of carbonyl (C=O) groups excluding carboxylic acids is 1. The minimum atomic E-state index is -0.0353. The van der Waals surface area contributed by atoms with E-state index in [4.69, 9.17) is 4.98 Å². The Bertz CT molecular complexity index is 885. The van der Waals surface area contributed by atoms with Crippen LogP contribution in [0.2, 0.25) is 0 Å². The van der Waals surface area contributed by atoms with Crippen LogP contribution in [-0.4, -0.2) is 10.9 Å². The molecule has 0 aliphatic heterocycles. The number of para-hydroxylation sites is 1. The SMILES string of the molecule is CC(NC(=O)c1cc(C2CC2)nc2ccccc12)c1ccccc1. The van der Waals surface area contributed by atoms with Gasteiger partial charge in [0.1, 0.15) is 0 Å². The van der Waals surface area contributed by atoms with Gasteiger partial charge in [0.05, 0.1) is 17.1 Å². The quantitative estimate of drug-likeness (QED) is 0.764. The highest BCUT2D eigenvalue weighted by Crippen LogP contribution is 2.40. The highest BCUT2D eigenvalue weighted by Gasteiger charge is 2.27. The summed E-state index contributed by atoms with van der Waals surface area (Å²) in [5, 5.41) is 4.04. The maximum Gasteiger partial charge on any atom is 0.252 e. The first-order valence-electron chi connectivity index (χ1n) is 8.48. The van der Waals surface area contributed by atoms with Crippen molar-refractivity contribution in [3.8, 4) is 0 Å². The smallest absolute Gasteiger partial charge is 0.252 e. The molecule has 1 aliphatic carbocycles. The molecule has 120 valence electrons. The van der Waals surface area contributed by atoms with Crippen molar-refractivity contribution in [2.24, 2.45) is 0 Å². The van der Waals surface area contributed by atoms with Gasteiger partial charge in [-0.1, -0.05) is 48.5 Å². The molecule has 1 N–H and O–H groups in total. The summed E-state index contributed by atoms with van der Waals surface area (Å²) in [5.41, 5.74) is 3.78. The molecule has 1 heterocycles. The van der Waals surface area contributed by atoms with Crippen LogP contribution in [0, 0.1) is 0 Å². The number of nitrogens with zero attached hydrogens (tertiary/aromatic N) is 1. The maximum atomic E-state index is 12.9. The lowest BCUT2D eigenvalue weighted by atomic mass is 10.0. The minimum Gasteiger partial charge on any atom is -0.345 e. The van der Waals surface area contributed by atoms with E-state index in [2.05, 4.69) is 5.32 Å². The second-order valence-corrected chi connectivity index (χ2v) is 6.49. The summed E-state index contributed by atoms with van der Waals surface area (Å²) in [6.45, 7) is 2.01. The molecule has 3 aromatic rings. The fraction of sp³-hybridized carbons (Fsp3) is 0.238. The lowest BCUT2D eigenvalue weighted by molar-refractivity contribution is 0.0941. The van der Waals surface area contributed by atoms with Crippen LogP contribution >= 0.6 is 0 Å². The van der Waals surface area contributed by atoms with Crippen molar-refractivity contribution in [2.75, 3.05) is 0 Å². The van der Waals surface area contributed by atoms with Gasteiger partial charge in [-0.25, -0.2) is 0 Å². The number of rotatable bonds is 4. The zero-order valence-corrected chi connectivity index (χ0v) is 13.7. The lowest BCUT2D eigenvalue weighted by Crippen LogP contribution is -2.27. The molecule has 0 radical (unpaired) electrons. The molecular weight excluding hydrogens is 296 g/mol. The zero-order chi connectivity index (χ0) is 16.5. The van der Waals surface area contributed by atoms with Gasteiger partial charge >= 0.3 is 0 Å². The fourth-order valence-electron chi connectivity index (χ4n) is 3.07. The highest BCUT2D eigenvalue weighted by molar-refractivity contribution is 6.06. The number of aromatic nitrogens is 1. The van der Waals surface area contributed by atoms with Crippen LogP contribution in [0.15, 0.2) is 60.7 Å². The Labute approximate surface area is 141 Å². The Morgan fingerprint density at radius 1 is 1.08 bits per heavy atom. The van der Waals surface area contributed by atoms with Gasteiger partial charge < -0.3 is 5.32 Å². The number of nitrogens with one attached hydrogen (secondary N) is 1. The Hall–Kier alpha value is -2.68. The molecule has 3 heteroatoms. The Balaban J connectivity index is 1.68. The summed E-state index contributed by atoms with van der Waals surface area (Å²) in [4.78, 5) is 17.6. The van der Waals surface area contributed by atoms with Gasteiger partial charge in [0.15, 0.2) is 0 Å². The predicted octanol–water partition coefficient (Wildman–Crippen LogP) is 4.60. The number of benzene rings is 2. The third kappa shape index (κ3) is 2.90. The van der Waals surface area contributed by atoms with Crippen molar-refractivity contribution >= 4 is 16.8 Å². The zero-order valence-electron chi connectivity index (χ0n) is 13.7. The molecule has 2 aromatic carbocycles. The van der Waals surface area contributed by atoms with E-state index in [0.29, 0.717) is 5.92 Å². The molecule has 1 aromatic heterocycles. The average Bonchev–Trinajstić information content (AvgIpc) is 3.46. The number of hydrogen-bond acceptors (Lipinski definition) is 2. The normalized spacial score (nSPS) is 15.2. The molecule has 1 unspecified atom stereocenters. The molecule has 1 atom stereocenters. The second kappa shape index (κ2) is 6.08. The van der Waals surface area contributed by atoms with E-state index < -0.39 is 0 Å². The number of amides is 1. The standard InChI is InChI=1S/C21H20N2O/c1-14(15-7-3-2-4-8-15)22-21(24)18-13-20(16-11-12-16)23-19-10-6-5-9-17(18)19/h2-10,13-14,16H,11-12H2,1H3,(H,22,24). The Morgan fingerprint density at radius 2 is 1.79 bits per heavy atom. The molecule has 1 aliphatic rings. The van der Waals surface area contributed by atoms with Crippen molar-refractivity contribution < 1.29 is 4.79 Å². The number of fused-ring (bicyclic) bond motifs is 1. The van der Waals surface area contributed by atoms with Gasteiger partial charge in [0.25, 0.3) is 5.91 Å². The first-order chi connectivity index (χ1) is 11.7. The summed E-state index contributed by atoms with van der Waals surface area (Å²) < 4.78 is 0. The largest absolute Gasteiger partial charge is 0.345 e. The van der Waals surface area contributed by atoms with Crippen molar-refractivity contribution in [2.45, 2.75) is 31.7 Å². The molecular formula is C21H20N2O. The minimum absolute atomic E-state index is 0.0324. The molecule has 24 heavy (non-hydrogen) atoms. The van der Waals surface area contributed by atoms with Gasteiger partial charge in [-0.3, -0.25) is 9.78 Å². The highest BCUT2D eigenvalue weighted by atomic mass is 16.1. The summed E-state index contributed by atoms with van der Waals surface area (Å²) >= 11 is 0. The van der Waals surface area contributed by atoms with Crippen molar-refractivity contribution in [1.82, 2.24) is 10.3 Å². The van der Waals surface area contributed by atoms with E-state index in [1.54, 1.807) is 0 Å². The van der Waals surface area contributed by atoms with E-state index in [0.717, 1.165) is 27.7 Å². The third-order valence-electron chi connectivity index (χ3n) is 4.62. The molecule has 0 spiro atoms. The van der Waals surface area contributed by atoms with Crippen LogP contribution in [0.4, 0.5) is 0 Å². The molecule has 3 nitrogen and oxygen atoms in total. The van der Waals surface area contributed by atoms with Crippen LogP contribution < -0.4 is 5.32 Å². The van der Waals surface area contributed by atoms with Gasteiger partial charge in [-0.05, 0) is 37.5 Å². The van der Waals surface area contributed by atoms with Crippen LogP contribution in [-0.2, 0) is 0 Å². The lowest BCUT2D eigenvalue weighted by Gasteiger charge is -2.16. The first kappa shape index (κ1) is 14.9. The molecule has 1 fully saturated rings. The van der Waals surface area contributed by atoms with Gasteiger partial charge in [0.2, 0.25) is 0 Å². The van der Waals surface area contributed by atoms with E-state index >= 15 is 0 Å². The van der Waals surface area contributed by atoms with Crippen LogP contribution in [0.3, 0.4) is 0 Å². The number of hydrogen-bond donors (Lipinski definition) is 1. The maximum absolute atomic E-state index is 12.9. The molecule has 1 saturated carbocycles. The van der Waals surface area contributed by atoms with Crippen molar-refractivity contribution in [1.29, 1.82) is 0 Å². The number of carbonyl (C=O) groups is 1. The third-order valence-corrected chi connectivity index (χ3v) is 4.62. The summed E-state index contributed by atoms with van der Waals surface area (Å²) in [7, 11) is 0. The fourth-order valence-corrected chi connectivity index (χ4v) is 3.07. The van der Waals surface area contributed by atoms with Gasteiger partial charge in [0, 0.05) is 17.0 Å². The summed E-state index contributed by atoms with van der Waals surface area (Å²) in [6, 6.07) is 19.9. The van der Waals surface area contributed by atoms with E-state index in [-0.39, 0.29) is 11.9 Å². The first-order valence-corrected chi connectivity index (χ1v) is 8.48. The monoisotopic (exact) mass is 316 g/mol. The molecule has 4 rings (SSSR count). The van der Waals surface area contributed by atoms with E-state index in [1.807, 2.05) is 67.6 Å². The van der Waals surface area contributed by atoms with E-state index in [1.165, 1.54) is 12.8 Å². The summed E-state index contributed by atoms with van der Waals surface area (Å²) in [5.74, 6) is 0.486. The average molecular weight is 316 g/mol. The van der Waals surface area contributed by atoms with Crippen LogP contribution in [0.1, 0.15) is 53.3 Å². The van der Waals surface area contributed by atoms with Crippen molar-refractivity contribution in [3.05, 3.63) is 77.5 Å². The predicted molar refractivity (Wildman–Crippen MR) is 96.0 cm³/mol. The van der Waals surface area contributed by atoms with Crippen LogP contribution in [0.5, 0.6) is 0 Å². The second-order valence-electron chi connectivity index (χ2n) is 6.49. The molecule has 1 amide bonds. The van der Waals surface area contributed by atoms with Crippen molar-refractivity contribution in [3.63, 3.8) is 0 Å². The Kier molecular flexibility index (Phi) is 3.77. The van der Waals surface area contributed by atoms with Gasteiger partial charge in [-0.15, -0.1) is 0 Å². The van der Waals surface area contributed by atoms with Gasteiger partial charge in [-0.2, -0.15) is 0 Å². The summed E-state index contributed by atoms with van der Waals surface area (Å²) in [6.07, 6.45) is 2.35.